The van der Waals surface area contributed by atoms with Crippen LogP contribution in [0, 0.1) is 0 Å². The zero-order valence-corrected chi connectivity index (χ0v) is 12.8. The maximum atomic E-state index is 12.2. The van der Waals surface area contributed by atoms with Gasteiger partial charge in [0.2, 0.25) is 0 Å². The molecule has 20 heavy (non-hydrogen) atoms. The fourth-order valence-corrected chi connectivity index (χ4v) is 3.72. The van der Waals surface area contributed by atoms with Crippen LogP contribution in [-0.4, -0.2) is 22.4 Å². The lowest BCUT2D eigenvalue weighted by atomic mass is 9.80. The Morgan fingerprint density at radius 3 is 2.65 bits per heavy atom. The highest BCUT2D eigenvalue weighted by atomic mass is 79.9. The molecular weight excluding hydrogens is 320 g/mol. The molecule has 0 radical (unpaired) electrons. The topological polar surface area (TPSA) is 49.4 Å². The first-order chi connectivity index (χ1) is 9.62. The second-order valence-corrected chi connectivity index (χ2v) is 6.48. The zero-order chi connectivity index (χ0) is 14.2. The fourth-order valence-electron chi connectivity index (χ4n) is 3.27. The summed E-state index contributed by atoms with van der Waals surface area (Å²) in [5, 5.41) is 2.50. The summed E-state index contributed by atoms with van der Waals surface area (Å²) < 4.78 is 0.985. The van der Waals surface area contributed by atoms with E-state index in [0.29, 0.717) is 6.54 Å². The average molecular weight is 337 g/mol. The van der Waals surface area contributed by atoms with Crippen LogP contribution in [0.25, 0.3) is 0 Å². The lowest BCUT2D eigenvalue weighted by Crippen LogP contribution is -2.50. The van der Waals surface area contributed by atoms with Gasteiger partial charge in [0.05, 0.1) is 0 Å². The number of hydrogen-bond acceptors (Lipinski definition) is 2. The van der Waals surface area contributed by atoms with Crippen molar-refractivity contribution in [1.29, 1.82) is 0 Å². The number of rotatable bonds is 2. The SMILES string of the molecule is O=C1NC(=O)C2(CCCCC2)N1Cc1cccc(Br)c1. The number of nitrogens with one attached hydrogen (secondary N) is 1. The van der Waals surface area contributed by atoms with Crippen molar-refractivity contribution in [1.82, 2.24) is 10.2 Å². The third kappa shape index (κ3) is 2.24. The third-order valence-corrected chi connectivity index (χ3v) is 4.81. The summed E-state index contributed by atoms with van der Waals surface area (Å²) in [6, 6.07) is 7.62. The molecule has 1 aromatic rings. The standard InChI is InChI=1S/C15H17BrN2O2/c16-12-6-4-5-11(9-12)10-18-14(20)17-13(19)15(18)7-2-1-3-8-15/h4-6,9H,1-3,7-8,10H2,(H,17,19,20). The smallest absolute Gasteiger partial charge is 0.305 e. The molecule has 2 fully saturated rings. The van der Waals surface area contributed by atoms with Gasteiger partial charge in [0.25, 0.3) is 5.91 Å². The summed E-state index contributed by atoms with van der Waals surface area (Å²) in [6.07, 6.45) is 4.72. The Kier molecular flexibility index (Phi) is 3.54. The van der Waals surface area contributed by atoms with Crippen LogP contribution in [0.1, 0.15) is 37.7 Å². The maximum Gasteiger partial charge on any atom is 0.325 e. The van der Waals surface area contributed by atoms with Crippen LogP contribution >= 0.6 is 15.9 Å². The minimum absolute atomic E-state index is 0.114. The van der Waals surface area contributed by atoms with Gasteiger partial charge in [-0.15, -0.1) is 0 Å². The molecule has 1 aliphatic heterocycles. The number of benzene rings is 1. The Balaban J connectivity index is 1.89. The van der Waals surface area contributed by atoms with Gasteiger partial charge in [-0.3, -0.25) is 10.1 Å². The van der Waals surface area contributed by atoms with Crippen LogP contribution in [0.4, 0.5) is 4.79 Å². The molecule has 1 aliphatic carbocycles. The molecule has 1 saturated heterocycles. The number of halogens is 1. The van der Waals surface area contributed by atoms with E-state index in [4.69, 9.17) is 0 Å². The normalized spacial score (nSPS) is 21.4. The first kappa shape index (κ1) is 13.6. The molecule has 0 aromatic heterocycles. The van der Waals surface area contributed by atoms with Crippen molar-refractivity contribution in [2.45, 2.75) is 44.2 Å². The molecule has 3 amide bonds. The van der Waals surface area contributed by atoms with Crippen LogP contribution in [0.2, 0.25) is 0 Å². The molecule has 1 aromatic carbocycles. The van der Waals surface area contributed by atoms with Gasteiger partial charge in [0, 0.05) is 11.0 Å². The summed E-state index contributed by atoms with van der Waals surface area (Å²) in [5.74, 6) is -0.114. The highest BCUT2D eigenvalue weighted by molar-refractivity contribution is 9.10. The van der Waals surface area contributed by atoms with Gasteiger partial charge < -0.3 is 4.90 Å². The van der Waals surface area contributed by atoms with Gasteiger partial charge in [-0.05, 0) is 30.5 Å². The molecule has 106 valence electrons. The van der Waals surface area contributed by atoms with E-state index in [9.17, 15) is 9.59 Å². The monoisotopic (exact) mass is 336 g/mol. The molecule has 5 heteroatoms. The lowest BCUT2D eigenvalue weighted by Gasteiger charge is -2.38. The van der Waals surface area contributed by atoms with Crippen molar-refractivity contribution in [3.63, 3.8) is 0 Å². The Morgan fingerprint density at radius 2 is 1.95 bits per heavy atom. The van der Waals surface area contributed by atoms with Crippen molar-refractivity contribution >= 4 is 27.9 Å². The van der Waals surface area contributed by atoms with E-state index in [0.717, 1.165) is 42.1 Å². The van der Waals surface area contributed by atoms with E-state index in [1.807, 2.05) is 24.3 Å². The molecule has 4 nitrogen and oxygen atoms in total. The zero-order valence-electron chi connectivity index (χ0n) is 11.2. The molecule has 1 heterocycles. The van der Waals surface area contributed by atoms with Crippen LogP contribution < -0.4 is 5.32 Å². The van der Waals surface area contributed by atoms with Gasteiger partial charge in [0.15, 0.2) is 0 Å². The summed E-state index contributed by atoms with van der Waals surface area (Å²) in [7, 11) is 0. The number of carbonyl (C=O) groups excluding carboxylic acids is 2. The maximum absolute atomic E-state index is 12.2. The quantitative estimate of drug-likeness (QED) is 0.843. The third-order valence-electron chi connectivity index (χ3n) is 4.32. The molecule has 0 bridgehead atoms. The summed E-state index contributed by atoms with van der Waals surface area (Å²) in [6.45, 7) is 0.483. The van der Waals surface area contributed by atoms with E-state index in [-0.39, 0.29) is 11.9 Å². The van der Waals surface area contributed by atoms with E-state index < -0.39 is 5.54 Å². The number of imide groups is 1. The Morgan fingerprint density at radius 1 is 1.20 bits per heavy atom. The van der Waals surface area contributed by atoms with E-state index in [1.54, 1.807) is 4.90 Å². The minimum atomic E-state index is -0.613. The molecule has 0 unspecified atom stereocenters. The van der Waals surface area contributed by atoms with Gasteiger partial charge in [0.1, 0.15) is 5.54 Å². The highest BCUT2D eigenvalue weighted by Crippen LogP contribution is 2.38. The molecule has 0 atom stereocenters. The van der Waals surface area contributed by atoms with E-state index in [2.05, 4.69) is 21.2 Å². The van der Waals surface area contributed by atoms with E-state index in [1.165, 1.54) is 0 Å². The second-order valence-electron chi connectivity index (χ2n) is 5.57. The molecule has 2 aliphatic rings. The van der Waals surface area contributed by atoms with Crippen LogP contribution in [0.3, 0.4) is 0 Å². The predicted octanol–water partition coefficient (Wildman–Crippen LogP) is 3.20. The second kappa shape index (κ2) is 5.20. The van der Waals surface area contributed by atoms with Crippen molar-refractivity contribution in [3.05, 3.63) is 34.3 Å². The first-order valence-corrected chi connectivity index (χ1v) is 7.79. The number of hydrogen-bond donors (Lipinski definition) is 1. The Bertz CT molecular complexity index is 553. The molecule has 1 spiro atoms. The first-order valence-electron chi connectivity index (χ1n) is 6.99. The van der Waals surface area contributed by atoms with Gasteiger partial charge in [-0.1, -0.05) is 47.3 Å². The van der Waals surface area contributed by atoms with Crippen molar-refractivity contribution in [2.75, 3.05) is 0 Å². The van der Waals surface area contributed by atoms with Gasteiger partial charge in [-0.25, -0.2) is 4.79 Å². The van der Waals surface area contributed by atoms with E-state index >= 15 is 0 Å². The van der Waals surface area contributed by atoms with Crippen molar-refractivity contribution in [3.8, 4) is 0 Å². The van der Waals surface area contributed by atoms with Crippen LogP contribution in [-0.2, 0) is 11.3 Å². The number of carbonyl (C=O) groups is 2. The molecule has 1 N–H and O–H groups in total. The van der Waals surface area contributed by atoms with Crippen LogP contribution in [0.15, 0.2) is 28.7 Å². The van der Waals surface area contributed by atoms with Crippen molar-refractivity contribution < 1.29 is 9.59 Å². The summed E-state index contributed by atoms with van der Waals surface area (Å²) in [4.78, 5) is 26.1. The average Bonchev–Trinajstić information content (AvgIpc) is 2.65. The highest BCUT2D eigenvalue weighted by Gasteiger charge is 2.52. The largest absolute Gasteiger partial charge is 0.325 e. The summed E-state index contributed by atoms with van der Waals surface area (Å²) in [5.41, 5.74) is 0.423. The number of nitrogens with zero attached hydrogens (tertiary/aromatic N) is 1. The van der Waals surface area contributed by atoms with Gasteiger partial charge >= 0.3 is 6.03 Å². The van der Waals surface area contributed by atoms with Gasteiger partial charge in [-0.2, -0.15) is 0 Å². The minimum Gasteiger partial charge on any atom is -0.305 e. The lowest BCUT2D eigenvalue weighted by molar-refractivity contribution is -0.128. The fraction of sp³-hybridized carbons (Fsp3) is 0.467. The predicted molar refractivity (Wildman–Crippen MR) is 79.0 cm³/mol. The Hall–Kier alpha value is -1.36. The molecule has 1 saturated carbocycles. The number of amides is 3. The van der Waals surface area contributed by atoms with Crippen molar-refractivity contribution in [2.24, 2.45) is 0 Å². The molecule has 3 rings (SSSR count). The number of urea groups is 1. The summed E-state index contributed by atoms with van der Waals surface area (Å²) >= 11 is 3.44. The molecular formula is C15H17BrN2O2. The van der Waals surface area contributed by atoms with Crippen LogP contribution in [0.5, 0.6) is 0 Å². The Labute approximate surface area is 126 Å².